The van der Waals surface area contributed by atoms with Crippen molar-refractivity contribution in [3.05, 3.63) is 137 Å². The van der Waals surface area contributed by atoms with Gasteiger partial charge in [0.25, 0.3) is 5.91 Å². The Bertz CT molecular complexity index is 1550. The number of hydrogen-bond donors (Lipinski definition) is 2. The van der Waals surface area contributed by atoms with Crippen LogP contribution in [0.1, 0.15) is 16.7 Å². The number of ether oxygens (including phenoxy) is 3. The molecule has 0 aliphatic carbocycles. The van der Waals surface area contributed by atoms with E-state index in [1.165, 1.54) is 6.21 Å². The van der Waals surface area contributed by atoms with Gasteiger partial charge in [-0.05, 0) is 41.5 Å². The second-order valence-corrected chi connectivity index (χ2v) is 10.8. The fraction of sp³-hybridized carbons (Fsp3) is 0.243. The fourth-order valence-corrected chi connectivity index (χ4v) is 5.23. The lowest BCUT2D eigenvalue weighted by atomic mass is 10.1. The number of nitrogens with zero attached hydrogens (tertiary/aromatic N) is 2. The average Bonchev–Trinajstić information content (AvgIpc) is 3.09. The van der Waals surface area contributed by atoms with Gasteiger partial charge in [-0.15, -0.1) is 0 Å². The largest absolute Gasteiger partial charge is 0.497 e. The summed E-state index contributed by atoms with van der Waals surface area (Å²) in [5.74, 6) is 1.45. The third kappa shape index (κ3) is 8.97. The van der Waals surface area contributed by atoms with Crippen LogP contribution in [0.5, 0.6) is 11.5 Å². The molecule has 45 heavy (non-hydrogen) atoms. The van der Waals surface area contributed by atoms with Gasteiger partial charge >= 0.3 is 0 Å². The molecular weight excluding hydrogens is 564 g/mol. The van der Waals surface area contributed by atoms with Crippen molar-refractivity contribution in [3.63, 3.8) is 0 Å². The van der Waals surface area contributed by atoms with Crippen LogP contribution in [0.3, 0.4) is 0 Å². The first-order valence-electron chi connectivity index (χ1n) is 15.2. The van der Waals surface area contributed by atoms with E-state index in [1.807, 2.05) is 91.0 Å². The van der Waals surface area contributed by atoms with Crippen LogP contribution in [-0.2, 0) is 29.1 Å². The van der Waals surface area contributed by atoms with Crippen molar-refractivity contribution in [1.29, 1.82) is 5.41 Å². The van der Waals surface area contributed by atoms with Crippen LogP contribution < -0.4 is 14.8 Å². The molecule has 1 aliphatic heterocycles. The molecule has 1 saturated heterocycles. The summed E-state index contributed by atoms with van der Waals surface area (Å²) < 4.78 is 17.6. The number of piperazine rings is 1. The standard InChI is InChI=1S/C37H40N4O4/c1-43-33-18-16-29(17-19-33)20-25-44-36(37(42)39-32-13-6-3-7-14-32)34(26-38)41-23-21-40(22-24-41)27-31-12-8-9-15-35(31)45-28-30-10-4-2-5-11-30/h2-19,26,38H,20-25,27-28H2,1H3,(H,39,42)/b36-34-,38-26?. The van der Waals surface area contributed by atoms with Crippen LogP contribution >= 0.6 is 0 Å². The number of hydrogen-bond acceptors (Lipinski definition) is 7. The van der Waals surface area contributed by atoms with Crippen molar-refractivity contribution in [2.75, 3.05) is 45.2 Å². The van der Waals surface area contributed by atoms with Gasteiger partial charge < -0.3 is 29.8 Å². The highest BCUT2D eigenvalue weighted by atomic mass is 16.5. The molecule has 0 unspecified atom stereocenters. The number of amides is 1. The number of carbonyl (C=O) groups is 1. The third-order valence-electron chi connectivity index (χ3n) is 7.72. The second-order valence-electron chi connectivity index (χ2n) is 10.8. The maximum absolute atomic E-state index is 13.5. The van der Waals surface area contributed by atoms with Gasteiger partial charge in [-0.25, -0.2) is 0 Å². The van der Waals surface area contributed by atoms with E-state index in [2.05, 4.69) is 33.3 Å². The fourth-order valence-electron chi connectivity index (χ4n) is 5.23. The monoisotopic (exact) mass is 604 g/mol. The third-order valence-corrected chi connectivity index (χ3v) is 7.72. The van der Waals surface area contributed by atoms with Crippen LogP contribution in [0.15, 0.2) is 121 Å². The zero-order chi connectivity index (χ0) is 31.3. The maximum atomic E-state index is 13.5. The van der Waals surface area contributed by atoms with Gasteiger partial charge in [0.15, 0.2) is 0 Å². The average molecular weight is 605 g/mol. The summed E-state index contributed by atoms with van der Waals surface area (Å²) in [5, 5.41) is 11.2. The molecule has 4 aromatic carbocycles. The van der Waals surface area contributed by atoms with E-state index < -0.39 is 0 Å². The summed E-state index contributed by atoms with van der Waals surface area (Å²) in [6, 6.07) is 35.4. The van der Waals surface area contributed by atoms with Gasteiger partial charge in [-0.3, -0.25) is 9.69 Å². The van der Waals surface area contributed by atoms with Crippen molar-refractivity contribution in [1.82, 2.24) is 9.80 Å². The molecule has 0 atom stereocenters. The maximum Gasteiger partial charge on any atom is 0.293 e. The molecule has 1 fully saturated rings. The predicted molar refractivity (Wildman–Crippen MR) is 178 cm³/mol. The molecule has 1 amide bonds. The molecule has 4 aromatic rings. The van der Waals surface area contributed by atoms with Gasteiger partial charge in [-0.1, -0.05) is 78.9 Å². The molecule has 5 rings (SSSR count). The Hall–Kier alpha value is -5.08. The van der Waals surface area contributed by atoms with Gasteiger partial charge in [0.1, 0.15) is 23.8 Å². The van der Waals surface area contributed by atoms with Crippen LogP contribution in [0.2, 0.25) is 0 Å². The first kappa shape index (κ1) is 31.3. The van der Waals surface area contributed by atoms with Gasteiger partial charge in [-0.2, -0.15) is 0 Å². The minimum atomic E-state index is -0.374. The lowest BCUT2D eigenvalue weighted by Gasteiger charge is -2.37. The van der Waals surface area contributed by atoms with Crippen LogP contribution in [0, 0.1) is 5.41 Å². The van der Waals surface area contributed by atoms with E-state index in [0.29, 0.717) is 44.1 Å². The molecule has 0 saturated carbocycles. The first-order valence-corrected chi connectivity index (χ1v) is 15.2. The topological polar surface area (TPSA) is 87.1 Å². The summed E-state index contributed by atoms with van der Waals surface area (Å²) in [7, 11) is 1.64. The number of para-hydroxylation sites is 2. The van der Waals surface area contributed by atoms with Crippen LogP contribution in [0.25, 0.3) is 0 Å². The van der Waals surface area contributed by atoms with E-state index in [-0.39, 0.29) is 11.7 Å². The Balaban J connectivity index is 1.25. The SMILES string of the molecule is COc1ccc(CCO/C(C(=O)Nc2ccccc2)=C(/C=N)N2CCN(Cc3ccccc3OCc3ccccc3)CC2)cc1. The van der Waals surface area contributed by atoms with Crippen molar-refractivity contribution in [2.45, 2.75) is 19.6 Å². The normalized spacial score (nSPS) is 13.8. The molecule has 0 radical (unpaired) electrons. The van der Waals surface area contributed by atoms with Crippen molar-refractivity contribution >= 4 is 17.8 Å². The van der Waals surface area contributed by atoms with Gasteiger partial charge in [0.2, 0.25) is 5.76 Å². The summed E-state index contributed by atoms with van der Waals surface area (Å²) in [4.78, 5) is 18.0. The van der Waals surface area contributed by atoms with E-state index in [1.54, 1.807) is 7.11 Å². The quantitative estimate of drug-likeness (QED) is 0.102. The lowest BCUT2D eigenvalue weighted by Crippen LogP contribution is -2.46. The highest BCUT2D eigenvalue weighted by Gasteiger charge is 2.25. The van der Waals surface area contributed by atoms with Crippen molar-refractivity contribution in [2.24, 2.45) is 0 Å². The zero-order valence-electron chi connectivity index (χ0n) is 25.7. The van der Waals surface area contributed by atoms with Gasteiger partial charge in [0, 0.05) is 56.6 Å². The molecule has 8 heteroatoms. The van der Waals surface area contributed by atoms with E-state index in [9.17, 15) is 4.79 Å². The van der Waals surface area contributed by atoms with Crippen molar-refractivity contribution in [3.8, 4) is 11.5 Å². The van der Waals surface area contributed by atoms with Crippen LogP contribution in [-0.4, -0.2) is 61.8 Å². The minimum absolute atomic E-state index is 0.149. The Morgan fingerprint density at radius 1 is 0.822 bits per heavy atom. The summed E-state index contributed by atoms with van der Waals surface area (Å²) in [6.45, 7) is 4.41. The zero-order valence-corrected chi connectivity index (χ0v) is 25.7. The molecule has 0 bridgehead atoms. The van der Waals surface area contributed by atoms with Crippen molar-refractivity contribution < 1.29 is 19.0 Å². The number of rotatable bonds is 14. The molecule has 232 valence electrons. The molecule has 2 N–H and O–H groups in total. The first-order chi connectivity index (χ1) is 22.1. The Morgan fingerprint density at radius 2 is 1.49 bits per heavy atom. The number of nitrogens with one attached hydrogen (secondary N) is 2. The lowest BCUT2D eigenvalue weighted by molar-refractivity contribution is -0.116. The number of carbonyl (C=O) groups excluding carboxylic acids is 1. The molecular formula is C37H40N4O4. The second kappa shape index (κ2) is 16.1. The number of anilines is 1. The molecule has 8 nitrogen and oxygen atoms in total. The summed E-state index contributed by atoms with van der Waals surface area (Å²) in [6.07, 6.45) is 1.84. The molecule has 1 heterocycles. The summed E-state index contributed by atoms with van der Waals surface area (Å²) >= 11 is 0. The Kier molecular flexibility index (Phi) is 11.2. The van der Waals surface area contributed by atoms with Gasteiger partial charge in [0.05, 0.1) is 13.7 Å². The van der Waals surface area contributed by atoms with E-state index in [0.717, 1.165) is 47.8 Å². The highest BCUT2D eigenvalue weighted by Crippen LogP contribution is 2.23. The minimum Gasteiger partial charge on any atom is -0.497 e. The van der Waals surface area contributed by atoms with E-state index >= 15 is 0 Å². The Labute approximate surface area is 265 Å². The Morgan fingerprint density at radius 3 is 2.18 bits per heavy atom. The van der Waals surface area contributed by atoms with E-state index in [4.69, 9.17) is 19.6 Å². The smallest absolute Gasteiger partial charge is 0.293 e. The summed E-state index contributed by atoms with van der Waals surface area (Å²) in [5.41, 5.74) is 4.47. The molecule has 1 aliphatic rings. The number of benzene rings is 4. The number of methoxy groups -OCH3 is 1. The molecule has 0 aromatic heterocycles. The number of allylic oxidation sites excluding steroid dienone is 1. The molecule has 0 spiro atoms. The highest BCUT2D eigenvalue weighted by molar-refractivity contribution is 6.05. The van der Waals surface area contributed by atoms with Crippen LogP contribution in [0.4, 0.5) is 5.69 Å². The predicted octanol–water partition coefficient (Wildman–Crippen LogP) is 6.15.